The second-order valence-corrected chi connectivity index (χ2v) is 6.42. The van der Waals surface area contributed by atoms with Gasteiger partial charge in [-0.3, -0.25) is 4.79 Å². The lowest BCUT2D eigenvalue weighted by Crippen LogP contribution is -2.15. The number of benzene rings is 3. The van der Waals surface area contributed by atoms with Crippen LogP contribution in [-0.4, -0.2) is 5.91 Å². The molecule has 1 amide bonds. The molecule has 1 N–H and O–H groups in total. The molecule has 0 aliphatic carbocycles. The number of ether oxygens (including phenoxy) is 1. The highest BCUT2D eigenvalue weighted by atomic mass is 35.5. The molecule has 3 aromatic carbocycles. The number of amides is 1. The number of hydrogen-bond acceptors (Lipinski definition) is 2. The number of rotatable bonds is 5. The molecule has 3 aromatic rings. The maximum atomic E-state index is 12.8. The molecule has 0 saturated heterocycles. The van der Waals surface area contributed by atoms with Gasteiger partial charge in [0.2, 0.25) is 5.91 Å². The normalized spacial score (nSPS) is 11.1. The lowest BCUT2D eigenvalue weighted by molar-refractivity contribution is -0.137. The summed E-state index contributed by atoms with van der Waals surface area (Å²) in [7, 11) is 0. The Morgan fingerprint density at radius 3 is 2.43 bits per heavy atom. The van der Waals surface area contributed by atoms with E-state index in [4.69, 9.17) is 16.3 Å². The first-order chi connectivity index (χ1) is 13.3. The number of nitrogens with one attached hydrogen (secondary N) is 1. The monoisotopic (exact) mass is 405 g/mol. The van der Waals surface area contributed by atoms with E-state index in [1.807, 2.05) is 6.07 Å². The van der Waals surface area contributed by atoms with Crippen molar-refractivity contribution in [2.45, 2.75) is 12.6 Å². The zero-order valence-corrected chi connectivity index (χ0v) is 15.2. The molecule has 0 saturated carbocycles. The van der Waals surface area contributed by atoms with Crippen molar-refractivity contribution in [3.8, 4) is 11.5 Å². The number of carbonyl (C=O) groups excluding carboxylic acids is 1. The summed E-state index contributed by atoms with van der Waals surface area (Å²) in [6.07, 6.45) is -4.68. The van der Waals surface area contributed by atoms with Crippen molar-refractivity contribution in [2.24, 2.45) is 0 Å². The first-order valence-corrected chi connectivity index (χ1v) is 8.67. The summed E-state index contributed by atoms with van der Waals surface area (Å²) in [5.74, 6) is 0.450. The van der Waals surface area contributed by atoms with E-state index >= 15 is 0 Å². The molecule has 3 nitrogen and oxygen atoms in total. The zero-order valence-electron chi connectivity index (χ0n) is 14.5. The molecular weight excluding hydrogens is 391 g/mol. The van der Waals surface area contributed by atoms with E-state index in [0.29, 0.717) is 22.2 Å². The fourth-order valence-corrected chi connectivity index (χ4v) is 2.71. The van der Waals surface area contributed by atoms with Crippen molar-refractivity contribution >= 4 is 23.2 Å². The standard InChI is InChI=1S/C21H15ClF3NO2/c22-16-9-10-19(28-17-7-2-1-3-8-17)18(13-16)26-20(27)12-14-5-4-6-15(11-14)21(23,24)25/h1-11,13H,12H2,(H,26,27). The minimum atomic E-state index is -4.46. The molecule has 0 atom stereocenters. The van der Waals surface area contributed by atoms with Crippen molar-refractivity contribution in [2.75, 3.05) is 5.32 Å². The van der Waals surface area contributed by atoms with E-state index < -0.39 is 17.6 Å². The third kappa shape index (κ3) is 5.27. The van der Waals surface area contributed by atoms with Gasteiger partial charge in [0.05, 0.1) is 17.7 Å². The minimum absolute atomic E-state index is 0.221. The number of carbonyl (C=O) groups is 1. The Balaban J connectivity index is 1.76. The summed E-state index contributed by atoms with van der Waals surface area (Å²) in [6, 6.07) is 18.3. The summed E-state index contributed by atoms with van der Waals surface area (Å²) in [5.41, 5.74) is -0.220. The second kappa shape index (κ2) is 8.35. The summed E-state index contributed by atoms with van der Waals surface area (Å²) >= 11 is 6.00. The Kier molecular flexibility index (Phi) is 5.90. The van der Waals surface area contributed by atoms with Crippen LogP contribution in [0.2, 0.25) is 5.02 Å². The van der Waals surface area contributed by atoms with Gasteiger partial charge in [0.15, 0.2) is 5.75 Å². The molecule has 0 fully saturated rings. The van der Waals surface area contributed by atoms with Crippen LogP contribution in [0.5, 0.6) is 11.5 Å². The predicted molar refractivity (Wildman–Crippen MR) is 102 cm³/mol. The van der Waals surface area contributed by atoms with Crippen LogP contribution in [0.3, 0.4) is 0 Å². The minimum Gasteiger partial charge on any atom is -0.455 e. The lowest BCUT2D eigenvalue weighted by atomic mass is 10.1. The highest BCUT2D eigenvalue weighted by molar-refractivity contribution is 6.31. The van der Waals surface area contributed by atoms with E-state index in [2.05, 4.69) is 5.32 Å². The van der Waals surface area contributed by atoms with Crippen LogP contribution in [0.4, 0.5) is 18.9 Å². The molecule has 0 aliphatic rings. The molecule has 144 valence electrons. The van der Waals surface area contributed by atoms with E-state index in [0.717, 1.165) is 12.1 Å². The van der Waals surface area contributed by atoms with Crippen molar-refractivity contribution in [3.05, 3.63) is 88.9 Å². The Morgan fingerprint density at radius 1 is 0.964 bits per heavy atom. The van der Waals surface area contributed by atoms with E-state index in [1.54, 1.807) is 36.4 Å². The molecule has 0 spiro atoms. The third-order valence-corrected chi connectivity index (χ3v) is 4.04. The van der Waals surface area contributed by atoms with Gasteiger partial charge in [-0.15, -0.1) is 0 Å². The molecule has 0 aromatic heterocycles. The van der Waals surface area contributed by atoms with Crippen molar-refractivity contribution in [1.82, 2.24) is 0 Å². The van der Waals surface area contributed by atoms with Gasteiger partial charge < -0.3 is 10.1 Å². The fourth-order valence-electron chi connectivity index (χ4n) is 2.54. The van der Waals surface area contributed by atoms with Gasteiger partial charge in [-0.05, 0) is 42.0 Å². The van der Waals surface area contributed by atoms with Crippen LogP contribution in [0.1, 0.15) is 11.1 Å². The Bertz CT molecular complexity index is 975. The van der Waals surface area contributed by atoms with Gasteiger partial charge in [0, 0.05) is 5.02 Å². The molecule has 0 aliphatic heterocycles. The van der Waals surface area contributed by atoms with E-state index in [-0.39, 0.29) is 12.0 Å². The highest BCUT2D eigenvalue weighted by Crippen LogP contribution is 2.32. The molecule has 0 unspecified atom stereocenters. The van der Waals surface area contributed by atoms with Gasteiger partial charge in [-0.25, -0.2) is 0 Å². The van der Waals surface area contributed by atoms with Gasteiger partial charge in [-0.2, -0.15) is 13.2 Å². The Labute approximate surface area is 164 Å². The number of anilines is 1. The summed E-state index contributed by atoms with van der Waals surface area (Å²) in [4.78, 5) is 12.4. The van der Waals surface area contributed by atoms with Gasteiger partial charge in [0.1, 0.15) is 5.75 Å². The average molecular weight is 406 g/mol. The summed E-state index contributed by atoms with van der Waals surface area (Å²) in [5, 5.41) is 3.03. The van der Waals surface area contributed by atoms with Gasteiger partial charge in [0.25, 0.3) is 0 Å². The molecule has 0 radical (unpaired) electrons. The number of hydrogen-bond donors (Lipinski definition) is 1. The Hall–Kier alpha value is -2.99. The lowest BCUT2D eigenvalue weighted by Gasteiger charge is -2.13. The fraction of sp³-hybridized carbons (Fsp3) is 0.0952. The molecule has 3 rings (SSSR count). The molecule has 0 bridgehead atoms. The van der Waals surface area contributed by atoms with Gasteiger partial charge >= 0.3 is 6.18 Å². The Morgan fingerprint density at radius 2 is 1.71 bits per heavy atom. The first-order valence-electron chi connectivity index (χ1n) is 8.30. The van der Waals surface area contributed by atoms with Crippen LogP contribution < -0.4 is 10.1 Å². The van der Waals surface area contributed by atoms with Crippen LogP contribution in [-0.2, 0) is 17.4 Å². The van der Waals surface area contributed by atoms with Crippen LogP contribution in [0.25, 0.3) is 0 Å². The maximum absolute atomic E-state index is 12.8. The quantitative estimate of drug-likeness (QED) is 0.538. The highest BCUT2D eigenvalue weighted by Gasteiger charge is 2.30. The molecule has 7 heteroatoms. The predicted octanol–water partition coefficient (Wildman–Crippen LogP) is 6.33. The third-order valence-electron chi connectivity index (χ3n) is 3.81. The molecular formula is C21H15ClF3NO2. The number of alkyl halides is 3. The topological polar surface area (TPSA) is 38.3 Å². The van der Waals surface area contributed by atoms with Crippen molar-refractivity contribution < 1.29 is 22.7 Å². The maximum Gasteiger partial charge on any atom is 0.416 e. The zero-order chi connectivity index (χ0) is 20.1. The summed E-state index contributed by atoms with van der Waals surface area (Å²) < 4.78 is 44.2. The molecule has 28 heavy (non-hydrogen) atoms. The van der Waals surface area contributed by atoms with E-state index in [1.165, 1.54) is 18.2 Å². The average Bonchev–Trinajstić information content (AvgIpc) is 2.64. The second-order valence-electron chi connectivity index (χ2n) is 5.98. The van der Waals surface area contributed by atoms with E-state index in [9.17, 15) is 18.0 Å². The van der Waals surface area contributed by atoms with Crippen molar-refractivity contribution in [3.63, 3.8) is 0 Å². The smallest absolute Gasteiger partial charge is 0.416 e. The van der Waals surface area contributed by atoms with Crippen LogP contribution in [0, 0.1) is 0 Å². The number of halogens is 4. The summed E-state index contributed by atoms with van der Waals surface area (Å²) in [6.45, 7) is 0. The SMILES string of the molecule is O=C(Cc1cccc(C(F)(F)F)c1)Nc1cc(Cl)ccc1Oc1ccccc1. The van der Waals surface area contributed by atoms with Crippen molar-refractivity contribution in [1.29, 1.82) is 0 Å². The van der Waals surface area contributed by atoms with Crippen LogP contribution in [0.15, 0.2) is 72.8 Å². The molecule has 0 heterocycles. The number of para-hydroxylation sites is 1. The largest absolute Gasteiger partial charge is 0.455 e. The first kappa shape index (κ1) is 19.8. The van der Waals surface area contributed by atoms with Gasteiger partial charge in [-0.1, -0.05) is 48.0 Å². The van der Waals surface area contributed by atoms with Crippen LogP contribution >= 0.6 is 11.6 Å².